The second kappa shape index (κ2) is 11.0. The molecule has 5 nitrogen and oxygen atoms in total. The number of ketones is 1. The quantitative estimate of drug-likeness (QED) is 0.580. The Morgan fingerprint density at radius 1 is 0.679 bits per heavy atom. The van der Waals surface area contributed by atoms with Gasteiger partial charge >= 0.3 is 11.9 Å². The van der Waals surface area contributed by atoms with Crippen molar-refractivity contribution in [2.24, 2.45) is 0 Å². The molecule has 0 spiro atoms. The summed E-state index contributed by atoms with van der Waals surface area (Å²) in [6.45, 7) is 3.95. The van der Waals surface area contributed by atoms with Crippen LogP contribution in [0.4, 0.5) is 0 Å². The lowest BCUT2D eigenvalue weighted by atomic mass is 9.80. The zero-order valence-electron chi connectivity index (χ0n) is 16.3. The van der Waals surface area contributed by atoms with Crippen LogP contribution in [0, 0.1) is 0 Å². The topological polar surface area (TPSA) is 69.7 Å². The molecule has 0 radical (unpaired) electrons. The Kier molecular flexibility index (Phi) is 8.40. The van der Waals surface area contributed by atoms with E-state index in [0.717, 1.165) is 11.1 Å². The van der Waals surface area contributed by atoms with Crippen molar-refractivity contribution in [3.63, 3.8) is 0 Å². The van der Waals surface area contributed by atoms with Gasteiger partial charge in [0.1, 0.15) is 5.78 Å². The predicted octanol–water partition coefficient (Wildman–Crippen LogP) is 4.03. The molecule has 2 aromatic carbocycles. The van der Waals surface area contributed by atoms with Gasteiger partial charge in [-0.1, -0.05) is 60.7 Å². The second-order valence-electron chi connectivity index (χ2n) is 6.35. The number of hydrogen-bond acceptors (Lipinski definition) is 5. The summed E-state index contributed by atoms with van der Waals surface area (Å²) in [4.78, 5) is 37.8. The van der Waals surface area contributed by atoms with Crippen LogP contribution in [0.2, 0.25) is 0 Å². The smallest absolute Gasteiger partial charge is 0.306 e. The maximum absolute atomic E-state index is 13.5. The Labute approximate surface area is 165 Å². The Balaban J connectivity index is 2.37. The van der Waals surface area contributed by atoms with Crippen molar-refractivity contribution in [2.75, 3.05) is 13.2 Å². The van der Waals surface area contributed by atoms with E-state index in [1.165, 1.54) is 0 Å². The van der Waals surface area contributed by atoms with Crippen molar-refractivity contribution in [1.82, 2.24) is 0 Å². The Hall–Kier alpha value is -2.95. The number of rotatable bonds is 10. The van der Waals surface area contributed by atoms with Crippen molar-refractivity contribution < 1.29 is 23.9 Å². The molecule has 2 atom stereocenters. The minimum absolute atomic E-state index is 0.0666. The number of hydrogen-bond donors (Lipinski definition) is 0. The molecule has 5 heteroatoms. The SMILES string of the molecule is CCOC(=O)CC(C(=O)C(CC(=O)OCC)c1ccccc1)c1ccccc1. The van der Waals surface area contributed by atoms with E-state index in [1.54, 1.807) is 13.8 Å². The molecule has 2 unspecified atom stereocenters. The van der Waals surface area contributed by atoms with Crippen LogP contribution in [0.5, 0.6) is 0 Å². The number of ether oxygens (including phenoxy) is 2. The molecule has 0 bridgehead atoms. The highest BCUT2D eigenvalue weighted by Crippen LogP contribution is 2.32. The number of carbonyl (C=O) groups excluding carboxylic acids is 3. The number of benzene rings is 2. The summed E-state index contributed by atoms with van der Waals surface area (Å²) >= 11 is 0. The van der Waals surface area contributed by atoms with Gasteiger partial charge in [-0.3, -0.25) is 14.4 Å². The van der Waals surface area contributed by atoms with Gasteiger partial charge in [-0.05, 0) is 25.0 Å². The first-order valence-corrected chi connectivity index (χ1v) is 9.51. The van der Waals surface area contributed by atoms with E-state index >= 15 is 0 Å². The van der Waals surface area contributed by atoms with Gasteiger partial charge in [0.25, 0.3) is 0 Å². The second-order valence-corrected chi connectivity index (χ2v) is 6.35. The molecule has 2 aromatic rings. The minimum atomic E-state index is -0.695. The standard InChI is InChI=1S/C23H26O5/c1-3-27-21(24)15-19(17-11-7-5-8-12-17)23(26)20(16-22(25)28-4-2)18-13-9-6-10-14-18/h5-14,19-20H,3-4,15-16H2,1-2H3. The summed E-state index contributed by atoms with van der Waals surface area (Å²) in [5, 5.41) is 0. The van der Waals surface area contributed by atoms with Crippen LogP contribution in [0.3, 0.4) is 0 Å². The lowest BCUT2D eigenvalue weighted by molar-refractivity contribution is -0.146. The lowest BCUT2D eigenvalue weighted by Crippen LogP contribution is -2.26. The van der Waals surface area contributed by atoms with Gasteiger partial charge in [0.2, 0.25) is 0 Å². The van der Waals surface area contributed by atoms with Crippen LogP contribution in [0.25, 0.3) is 0 Å². The van der Waals surface area contributed by atoms with E-state index in [2.05, 4.69) is 0 Å². The summed E-state index contributed by atoms with van der Waals surface area (Å²) in [7, 11) is 0. The largest absolute Gasteiger partial charge is 0.466 e. The molecule has 0 saturated heterocycles. The van der Waals surface area contributed by atoms with Crippen molar-refractivity contribution in [2.45, 2.75) is 38.5 Å². The van der Waals surface area contributed by atoms with E-state index in [4.69, 9.17) is 9.47 Å². The van der Waals surface area contributed by atoms with Crippen LogP contribution < -0.4 is 0 Å². The molecule has 0 heterocycles. The molecular formula is C23H26O5. The summed E-state index contributed by atoms with van der Waals surface area (Å²) in [5.74, 6) is -2.46. The van der Waals surface area contributed by atoms with Crippen LogP contribution in [0.1, 0.15) is 49.7 Å². The average molecular weight is 382 g/mol. The molecule has 0 aliphatic heterocycles. The first-order valence-electron chi connectivity index (χ1n) is 9.51. The molecule has 0 aromatic heterocycles. The van der Waals surface area contributed by atoms with Gasteiger partial charge in [0, 0.05) is 0 Å². The van der Waals surface area contributed by atoms with E-state index in [0.29, 0.717) is 0 Å². The summed E-state index contributed by atoms with van der Waals surface area (Å²) < 4.78 is 10.1. The molecule has 0 saturated carbocycles. The van der Waals surface area contributed by atoms with Gasteiger partial charge < -0.3 is 9.47 Å². The fourth-order valence-electron chi connectivity index (χ4n) is 3.15. The molecule has 0 N–H and O–H groups in total. The van der Waals surface area contributed by atoms with Gasteiger partial charge in [0.05, 0.1) is 37.9 Å². The van der Waals surface area contributed by atoms with E-state index in [1.807, 2.05) is 60.7 Å². The summed E-state index contributed by atoms with van der Waals surface area (Å²) in [6, 6.07) is 18.2. The average Bonchev–Trinajstić information content (AvgIpc) is 2.71. The first kappa shape index (κ1) is 21.4. The van der Waals surface area contributed by atoms with Crippen LogP contribution in [-0.4, -0.2) is 30.9 Å². The van der Waals surface area contributed by atoms with Crippen molar-refractivity contribution in [3.05, 3.63) is 71.8 Å². The van der Waals surface area contributed by atoms with E-state index in [9.17, 15) is 14.4 Å². The Morgan fingerprint density at radius 2 is 1.04 bits per heavy atom. The predicted molar refractivity (Wildman–Crippen MR) is 106 cm³/mol. The Morgan fingerprint density at radius 3 is 1.36 bits per heavy atom. The molecular weight excluding hydrogens is 356 g/mol. The summed E-state index contributed by atoms with van der Waals surface area (Å²) in [5.41, 5.74) is 1.45. The monoisotopic (exact) mass is 382 g/mol. The molecule has 148 valence electrons. The third-order valence-corrected chi connectivity index (χ3v) is 4.44. The van der Waals surface area contributed by atoms with Crippen LogP contribution in [-0.2, 0) is 23.9 Å². The fraction of sp³-hybridized carbons (Fsp3) is 0.348. The molecule has 0 amide bonds. The van der Waals surface area contributed by atoms with Crippen molar-refractivity contribution in [3.8, 4) is 0 Å². The highest BCUT2D eigenvalue weighted by molar-refractivity contribution is 5.96. The zero-order valence-corrected chi connectivity index (χ0v) is 16.3. The van der Waals surface area contributed by atoms with Crippen LogP contribution >= 0.6 is 0 Å². The molecule has 0 fully saturated rings. The first-order chi connectivity index (χ1) is 13.6. The highest BCUT2D eigenvalue weighted by atomic mass is 16.5. The highest BCUT2D eigenvalue weighted by Gasteiger charge is 2.33. The van der Waals surface area contributed by atoms with Crippen molar-refractivity contribution in [1.29, 1.82) is 0 Å². The molecule has 28 heavy (non-hydrogen) atoms. The number of esters is 2. The van der Waals surface area contributed by atoms with Gasteiger partial charge in [0.15, 0.2) is 0 Å². The van der Waals surface area contributed by atoms with Gasteiger partial charge in [-0.2, -0.15) is 0 Å². The molecule has 0 aliphatic carbocycles. The van der Waals surface area contributed by atoms with Crippen LogP contribution in [0.15, 0.2) is 60.7 Å². The maximum Gasteiger partial charge on any atom is 0.306 e. The zero-order chi connectivity index (χ0) is 20.4. The minimum Gasteiger partial charge on any atom is -0.466 e. The lowest BCUT2D eigenvalue weighted by Gasteiger charge is -2.22. The third kappa shape index (κ3) is 6.05. The third-order valence-electron chi connectivity index (χ3n) is 4.44. The number of Topliss-reactive ketones (excluding diaryl/α,β-unsaturated/α-hetero) is 1. The maximum atomic E-state index is 13.5. The van der Waals surface area contributed by atoms with E-state index < -0.39 is 23.8 Å². The van der Waals surface area contributed by atoms with Crippen molar-refractivity contribution >= 4 is 17.7 Å². The van der Waals surface area contributed by atoms with Gasteiger partial charge in [-0.25, -0.2) is 0 Å². The Bertz CT molecular complexity index is 705. The number of carbonyl (C=O) groups is 3. The van der Waals surface area contributed by atoms with Gasteiger partial charge in [-0.15, -0.1) is 0 Å². The molecule has 0 aliphatic rings. The normalized spacial score (nSPS) is 12.6. The summed E-state index contributed by atoms with van der Waals surface area (Å²) in [6.07, 6.45) is -0.133. The fourth-order valence-corrected chi connectivity index (χ4v) is 3.15. The van der Waals surface area contributed by atoms with E-state index in [-0.39, 0.29) is 31.8 Å². The molecule has 2 rings (SSSR count).